The van der Waals surface area contributed by atoms with Gasteiger partial charge >= 0.3 is 0 Å². The average Bonchev–Trinajstić information content (AvgIpc) is 3.90. The quantitative estimate of drug-likeness (QED) is 0.171. The van der Waals surface area contributed by atoms with E-state index < -0.39 is 30.2 Å². The van der Waals surface area contributed by atoms with Crippen molar-refractivity contribution >= 4 is 43.7 Å². The fourth-order valence-electron chi connectivity index (χ4n) is 7.28. The van der Waals surface area contributed by atoms with Crippen LogP contribution in [0.25, 0.3) is 106 Å². The van der Waals surface area contributed by atoms with Gasteiger partial charge in [0.25, 0.3) is 0 Å². The van der Waals surface area contributed by atoms with E-state index in [-0.39, 0.29) is 63.1 Å². The first-order valence-corrected chi connectivity index (χ1v) is 18.0. The fourth-order valence-corrected chi connectivity index (χ4v) is 7.28. The second-order valence-corrected chi connectivity index (χ2v) is 13.2. The lowest BCUT2D eigenvalue weighted by atomic mass is 10.00. The lowest BCUT2D eigenvalue weighted by Gasteiger charge is -2.10. The third-order valence-corrected chi connectivity index (χ3v) is 9.90. The van der Waals surface area contributed by atoms with Crippen LogP contribution in [0.3, 0.4) is 0 Å². The Morgan fingerprint density at radius 3 is 1.86 bits per heavy atom. The van der Waals surface area contributed by atoms with Crippen molar-refractivity contribution in [1.29, 1.82) is 0 Å². The Morgan fingerprint density at radius 2 is 1.11 bits per heavy atom. The summed E-state index contributed by atoms with van der Waals surface area (Å²) in [6.07, 6.45) is 0. The van der Waals surface area contributed by atoms with E-state index in [1.165, 1.54) is 16.7 Å². The van der Waals surface area contributed by atoms with Crippen molar-refractivity contribution in [2.75, 3.05) is 0 Å². The minimum Gasteiger partial charge on any atom is -0.456 e. The van der Waals surface area contributed by atoms with E-state index in [9.17, 15) is 2.74 Å². The minimum absolute atomic E-state index is 0.0103. The van der Waals surface area contributed by atoms with Crippen molar-refractivity contribution in [3.05, 3.63) is 194 Å². The van der Waals surface area contributed by atoms with Gasteiger partial charge in [0.1, 0.15) is 11.2 Å². The van der Waals surface area contributed by atoms with Gasteiger partial charge in [-0.2, -0.15) is 0 Å². The van der Waals surface area contributed by atoms with Gasteiger partial charge in [-0.05, 0) is 70.7 Å². The molecule has 11 aromatic rings. The topological polar surface area (TPSA) is 56.7 Å². The highest BCUT2D eigenvalue weighted by Gasteiger charge is 2.19. The van der Waals surface area contributed by atoms with Crippen molar-refractivity contribution in [2.45, 2.75) is 0 Å². The van der Waals surface area contributed by atoms with Gasteiger partial charge in [0.2, 0.25) is 0 Å². The lowest BCUT2D eigenvalue weighted by molar-refractivity contribution is 0.669. The second kappa shape index (κ2) is 13.0. The fraction of sp³-hybridized carbons (Fsp3) is 0. The van der Waals surface area contributed by atoms with Gasteiger partial charge in [0.15, 0.2) is 17.5 Å². The molecule has 3 aromatic heterocycles. The molecule has 0 amide bonds. The first kappa shape index (κ1) is 23.2. The number of rotatable bonds is 6. The van der Waals surface area contributed by atoms with Crippen LogP contribution in [-0.4, -0.2) is 19.5 Å². The minimum atomic E-state index is -0.528. The number of benzene rings is 8. The summed E-state index contributed by atoms with van der Waals surface area (Å²) in [6, 6.07) is 37.1. The second-order valence-electron chi connectivity index (χ2n) is 13.2. The van der Waals surface area contributed by atoms with E-state index in [0.29, 0.717) is 34.3 Å². The Labute approximate surface area is 336 Å². The maximum atomic E-state index is 9.44. The molecule has 5 nitrogen and oxygen atoms in total. The molecule has 0 saturated carbocycles. The highest BCUT2D eigenvalue weighted by Crippen LogP contribution is 2.39. The number of hydrogen-bond donors (Lipinski definition) is 0. The molecule has 11 rings (SSSR count). The Morgan fingerprint density at radius 1 is 0.429 bits per heavy atom. The molecule has 0 aliphatic rings. The number of furan rings is 1. The molecule has 262 valence electrons. The molecule has 0 aliphatic heterocycles. The molecular formula is C51H32N4O. The molecule has 0 N–H and O–H groups in total. The Hall–Kier alpha value is -7.63. The highest BCUT2D eigenvalue weighted by molar-refractivity contribution is 6.13. The predicted octanol–water partition coefficient (Wildman–Crippen LogP) is 13.2. The van der Waals surface area contributed by atoms with Gasteiger partial charge in [-0.1, -0.05) is 145 Å². The summed E-state index contributed by atoms with van der Waals surface area (Å²) >= 11 is 0. The van der Waals surface area contributed by atoms with Crippen LogP contribution < -0.4 is 0 Å². The predicted molar refractivity (Wildman–Crippen MR) is 229 cm³/mol. The zero-order valence-electron chi connectivity index (χ0n) is 39.4. The van der Waals surface area contributed by atoms with Crippen molar-refractivity contribution in [3.63, 3.8) is 0 Å². The standard InChI is InChI=1S/C51H32N4O/c1-4-13-33(14-5-1)37-25-29-45-42(31-37)40-19-10-11-21-44(40)55(45)39-27-23-34(24-28-39)38-26-30-46-43(32-38)48-41(20-12-22-47(48)56-46)51-53-49(35-15-6-2-7-16-35)52-50(54-51)36-17-8-3-9-18-36/h1-32H/i1D,10D,11D,13D,14D,19D,21D,25D,29D,31D. The molecule has 0 fully saturated rings. The van der Waals surface area contributed by atoms with Gasteiger partial charge in [0, 0.05) is 43.9 Å². The summed E-state index contributed by atoms with van der Waals surface area (Å²) in [6.45, 7) is 0. The normalized spacial score (nSPS) is 14.1. The molecule has 0 saturated heterocycles. The number of para-hydroxylation sites is 1. The number of aromatic nitrogens is 4. The van der Waals surface area contributed by atoms with E-state index in [1.54, 1.807) is 12.1 Å². The molecule has 0 radical (unpaired) electrons. The molecule has 0 bridgehead atoms. The van der Waals surface area contributed by atoms with Crippen molar-refractivity contribution in [3.8, 4) is 62.1 Å². The molecule has 0 aliphatic carbocycles. The summed E-state index contributed by atoms with van der Waals surface area (Å²) < 4.78 is 96.2. The van der Waals surface area contributed by atoms with E-state index >= 15 is 0 Å². The summed E-state index contributed by atoms with van der Waals surface area (Å²) in [4.78, 5) is 14.8. The highest BCUT2D eigenvalue weighted by atomic mass is 16.3. The van der Waals surface area contributed by atoms with Crippen LogP contribution in [0.1, 0.15) is 13.7 Å². The van der Waals surface area contributed by atoms with Crippen LogP contribution >= 0.6 is 0 Å². The van der Waals surface area contributed by atoms with Crippen molar-refractivity contribution in [1.82, 2.24) is 19.5 Å². The molecule has 8 aromatic carbocycles. The van der Waals surface area contributed by atoms with Crippen LogP contribution in [-0.2, 0) is 0 Å². The van der Waals surface area contributed by atoms with E-state index in [2.05, 4.69) is 0 Å². The maximum absolute atomic E-state index is 9.44. The zero-order valence-corrected chi connectivity index (χ0v) is 29.4. The number of fused-ring (bicyclic) bond motifs is 6. The number of nitrogens with zero attached hydrogens (tertiary/aromatic N) is 4. The van der Waals surface area contributed by atoms with E-state index in [4.69, 9.17) is 30.3 Å². The van der Waals surface area contributed by atoms with Gasteiger partial charge in [0.05, 0.1) is 24.7 Å². The molecule has 56 heavy (non-hydrogen) atoms. The molecule has 0 unspecified atom stereocenters. The smallest absolute Gasteiger partial charge is 0.164 e. The third kappa shape index (κ3) is 5.37. The lowest BCUT2D eigenvalue weighted by Crippen LogP contribution is -2.00. The van der Waals surface area contributed by atoms with Crippen molar-refractivity contribution in [2.24, 2.45) is 0 Å². The SMILES string of the molecule is [2H]c1cc([2H])c(-c2c([2H])c([2H])c3c(c2[2H])c2c([2H])c([2H])c([2H])c([2H])c2n3-c2ccc(-c3ccc4oc5cccc(-c6nc(-c7ccccc7)nc(-c7ccccc7)n6)c5c4c3)cc2)c([2H])c1. The Bertz CT molecular complexity index is 3740. The van der Waals surface area contributed by atoms with Crippen LogP contribution in [0.15, 0.2) is 198 Å². The first-order valence-electron chi connectivity index (χ1n) is 23.0. The Kier molecular flexibility index (Phi) is 5.41. The van der Waals surface area contributed by atoms with Crippen LogP contribution in [0.2, 0.25) is 0 Å². The van der Waals surface area contributed by atoms with E-state index in [0.717, 1.165) is 38.6 Å². The van der Waals surface area contributed by atoms with Crippen LogP contribution in [0, 0.1) is 0 Å². The number of hydrogen-bond acceptors (Lipinski definition) is 4. The van der Waals surface area contributed by atoms with Gasteiger partial charge in [-0.15, -0.1) is 0 Å². The third-order valence-electron chi connectivity index (χ3n) is 9.90. The first-order chi connectivity index (χ1) is 31.9. The molecule has 5 heteroatoms. The Balaban J connectivity index is 1.08. The average molecular weight is 727 g/mol. The van der Waals surface area contributed by atoms with Crippen LogP contribution in [0.5, 0.6) is 0 Å². The maximum Gasteiger partial charge on any atom is 0.164 e. The molecule has 0 spiro atoms. The zero-order chi connectivity index (χ0) is 45.7. The van der Waals surface area contributed by atoms with E-state index in [1.807, 2.05) is 109 Å². The molecule has 0 atom stereocenters. The van der Waals surface area contributed by atoms with Crippen molar-refractivity contribution < 1.29 is 18.1 Å². The summed E-state index contributed by atoms with van der Waals surface area (Å²) in [5.41, 5.74) is 5.54. The van der Waals surface area contributed by atoms with Gasteiger partial charge < -0.3 is 8.98 Å². The van der Waals surface area contributed by atoms with Gasteiger partial charge in [-0.25, -0.2) is 15.0 Å². The largest absolute Gasteiger partial charge is 0.456 e. The molecule has 3 heterocycles. The monoisotopic (exact) mass is 726 g/mol. The summed E-state index contributed by atoms with van der Waals surface area (Å²) in [5, 5.41) is 1.62. The van der Waals surface area contributed by atoms with Crippen LogP contribution in [0.4, 0.5) is 0 Å². The summed E-state index contributed by atoms with van der Waals surface area (Å²) in [5.74, 6) is 1.54. The van der Waals surface area contributed by atoms with Gasteiger partial charge in [-0.3, -0.25) is 0 Å². The molecular weight excluding hydrogens is 685 g/mol. The summed E-state index contributed by atoms with van der Waals surface area (Å²) in [7, 11) is 0.